The van der Waals surface area contributed by atoms with Gasteiger partial charge in [-0.25, -0.2) is 5.84 Å². The highest BCUT2D eigenvalue weighted by Crippen LogP contribution is 2.20. The zero-order valence-corrected chi connectivity index (χ0v) is 11.2. The molecule has 1 unspecified atom stereocenters. The summed E-state index contributed by atoms with van der Waals surface area (Å²) in [6.07, 6.45) is 0. The lowest BCUT2D eigenvalue weighted by molar-refractivity contribution is -0.123. The van der Waals surface area contributed by atoms with Gasteiger partial charge in [0, 0.05) is 11.7 Å². The fourth-order valence-corrected chi connectivity index (χ4v) is 2.33. The van der Waals surface area contributed by atoms with Crippen molar-refractivity contribution in [3.05, 3.63) is 30.3 Å². The van der Waals surface area contributed by atoms with E-state index >= 15 is 0 Å². The third kappa shape index (κ3) is 3.30. The van der Waals surface area contributed by atoms with E-state index in [1.54, 1.807) is 11.6 Å². The minimum absolute atomic E-state index is 0.203. The van der Waals surface area contributed by atoms with Crippen molar-refractivity contribution in [2.24, 2.45) is 11.8 Å². The average molecular weight is 278 g/mol. The molecule has 0 radical (unpaired) electrons. The molecule has 1 aromatic carbocycles. The first-order chi connectivity index (χ1) is 9.22. The first-order valence-corrected chi connectivity index (χ1v) is 6.68. The molecule has 1 atom stereocenters. The van der Waals surface area contributed by atoms with Crippen LogP contribution in [-0.2, 0) is 4.79 Å². The number of aromatic nitrogens is 4. The van der Waals surface area contributed by atoms with Crippen LogP contribution in [0.15, 0.2) is 35.5 Å². The predicted molar refractivity (Wildman–Crippen MR) is 71.4 cm³/mol. The summed E-state index contributed by atoms with van der Waals surface area (Å²) in [5, 5.41) is 12.2. The van der Waals surface area contributed by atoms with E-state index in [2.05, 4.69) is 21.0 Å². The maximum atomic E-state index is 11.3. The number of thioether (sulfide) groups is 1. The maximum absolute atomic E-state index is 11.3. The summed E-state index contributed by atoms with van der Waals surface area (Å²) >= 11 is 1.41. The van der Waals surface area contributed by atoms with Crippen LogP contribution in [0.3, 0.4) is 0 Å². The Bertz CT molecular complexity index is 543. The molecule has 2 rings (SSSR count). The zero-order chi connectivity index (χ0) is 13.7. The molecule has 0 bridgehead atoms. The highest BCUT2D eigenvalue weighted by Gasteiger charge is 2.15. The number of amides is 1. The van der Waals surface area contributed by atoms with Gasteiger partial charge in [0.2, 0.25) is 11.1 Å². The molecule has 0 aliphatic carbocycles. The second-order valence-electron chi connectivity index (χ2n) is 3.93. The third-order valence-corrected chi connectivity index (χ3v) is 3.67. The van der Waals surface area contributed by atoms with Crippen molar-refractivity contribution in [3.63, 3.8) is 0 Å². The van der Waals surface area contributed by atoms with Crippen LogP contribution in [0.2, 0.25) is 0 Å². The number of carbonyl (C=O) groups is 1. The third-order valence-electron chi connectivity index (χ3n) is 2.49. The van der Waals surface area contributed by atoms with Crippen LogP contribution < -0.4 is 11.3 Å². The van der Waals surface area contributed by atoms with Gasteiger partial charge in [0.25, 0.3) is 0 Å². The summed E-state index contributed by atoms with van der Waals surface area (Å²) in [5.41, 5.74) is 3.01. The Morgan fingerprint density at radius 1 is 1.47 bits per heavy atom. The highest BCUT2D eigenvalue weighted by atomic mass is 32.2. The predicted octanol–water partition coefficient (Wildman–Crippen LogP) is 0.380. The molecule has 19 heavy (non-hydrogen) atoms. The van der Waals surface area contributed by atoms with Gasteiger partial charge in [-0.1, -0.05) is 36.9 Å². The smallest absolute Gasteiger partial charge is 0.237 e. The lowest BCUT2D eigenvalue weighted by Gasteiger charge is -2.08. The van der Waals surface area contributed by atoms with Crippen LogP contribution in [-0.4, -0.2) is 31.9 Å². The van der Waals surface area contributed by atoms with Gasteiger partial charge in [0.15, 0.2) is 0 Å². The van der Waals surface area contributed by atoms with Gasteiger partial charge >= 0.3 is 0 Å². The summed E-state index contributed by atoms with van der Waals surface area (Å²) in [6.45, 7) is 1.80. The quantitative estimate of drug-likeness (QED) is 0.355. The maximum Gasteiger partial charge on any atom is 0.237 e. The van der Waals surface area contributed by atoms with Gasteiger partial charge < -0.3 is 0 Å². The molecule has 7 nitrogen and oxygen atoms in total. The Morgan fingerprint density at radius 2 is 2.21 bits per heavy atom. The van der Waals surface area contributed by atoms with Crippen molar-refractivity contribution in [3.8, 4) is 5.69 Å². The standard InChI is InChI=1S/C11H14N6OS/c1-8(10(18)13-12)7-19-11-14-15-16-17(11)9-5-3-2-4-6-9/h2-6,8H,7,12H2,1H3,(H,13,18). The number of hydrazine groups is 1. The molecule has 3 N–H and O–H groups in total. The number of tetrazole rings is 1. The van der Waals surface area contributed by atoms with Crippen LogP contribution in [0.4, 0.5) is 0 Å². The molecule has 8 heteroatoms. The summed E-state index contributed by atoms with van der Waals surface area (Å²) < 4.78 is 1.64. The Labute approximate surface area is 114 Å². The van der Waals surface area contributed by atoms with Crippen molar-refractivity contribution < 1.29 is 4.79 Å². The molecule has 100 valence electrons. The fraction of sp³-hybridized carbons (Fsp3) is 0.273. The molecule has 1 aromatic heterocycles. The molecule has 0 saturated heterocycles. The van der Waals surface area contributed by atoms with Crippen LogP contribution in [0.25, 0.3) is 5.69 Å². The summed E-state index contributed by atoms with van der Waals surface area (Å²) in [4.78, 5) is 11.3. The van der Waals surface area contributed by atoms with E-state index in [-0.39, 0.29) is 11.8 Å². The molecule has 1 amide bonds. The van der Waals surface area contributed by atoms with Gasteiger partial charge in [-0.2, -0.15) is 4.68 Å². The Hall–Kier alpha value is -1.93. The highest BCUT2D eigenvalue weighted by molar-refractivity contribution is 7.99. The molecular weight excluding hydrogens is 264 g/mol. The molecule has 0 spiro atoms. The van der Waals surface area contributed by atoms with Crippen molar-refractivity contribution >= 4 is 17.7 Å². The van der Waals surface area contributed by atoms with E-state index in [0.29, 0.717) is 10.9 Å². The normalized spacial score (nSPS) is 12.1. The molecule has 1 heterocycles. The van der Waals surface area contributed by atoms with Gasteiger partial charge in [-0.15, -0.1) is 5.10 Å². The Morgan fingerprint density at radius 3 is 2.89 bits per heavy atom. The summed E-state index contributed by atoms with van der Waals surface area (Å²) in [5.74, 6) is 5.23. The number of para-hydroxylation sites is 1. The first kappa shape index (κ1) is 13.5. The van der Waals surface area contributed by atoms with Crippen molar-refractivity contribution in [1.29, 1.82) is 0 Å². The number of nitrogens with two attached hydrogens (primary N) is 1. The number of hydrogen-bond acceptors (Lipinski definition) is 6. The minimum Gasteiger partial charge on any atom is -0.294 e. The lowest BCUT2D eigenvalue weighted by atomic mass is 10.2. The van der Waals surface area contributed by atoms with Gasteiger partial charge in [-0.3, -0.25) is 10.2 Å². The first-order valence-electron chi connectivity index (χ1n) is 5.69. The SMILES string of the molecule is CC(CSc1nnnn1-c1ccccc1)C(=O)NN. The van der Waals surface area contributed by atoms with Gasteiger partial charge in [-0.05, 0) is 22.6 Å². The largest absolute Gasteiger partial charge is 0.294 e. The molecule has 0 saturated carbocycles. The van der Waals surface area contributed by atoms with Crippen molar-refractivity contribution in [1.82, 2.24) is 25.6 Å². The monoisotopic (exact) mass is 278 g/mol. The van der Waals surface area contributed by atoms with E-state index in [1.807, 2.05) is 30.3 Å². The lowest BCUT2D eigenvalue weighted by Crippen LogP contribution is -2.35. The Balaban J connectivity index is 2.07. The van der Waals surface area contributed by atoms with Crippen LogP contribution in [0.5, 0.6) is 0 Å². The molecule has 0 aliphatic rings. The number of hydrogen-bond donors (Lipinski definition) is 2. The van der Waals surface area contributed by atoms with Gasteiger partial charge in [0.1, 0.15) is 0 Å². The van der Waals surface area contributed by atoms with E-state index in [0.717, 1.165) is 5.69 Å². The van der Waals surface area contributed by atoms with E-state index in [9.17, 15) is 4.79 Å². The van der Waals surface area contributed by atoms with Crippen LogP contribution in [0.1, 0.15) is 6.92 Å². The van der Waals surface area contributed by atoms with Crippen LogP contribution in [0, 0.1) is 5.92 Å². The fourth-order valence-electron chi connectivity index (χ4n) is 1.42. The summed E-state index contributed by atoms with van der Waals surface area (Å²) in [7, 11) is 0. The van der Waals surface area contributed by atoms with Crippen molar-refractivity contribution in [2.75, 3.05) is 5.75 Å². The molecule has 2 aromatic rings. The minimum atomic E-state index is -0.212. The molecule has 0 aliphatic heterocycles. The number of nitrogens with zero attached hydrogens (tertiary/aromatic N) is 4. The topological polar surface area (TPSA) is 98.7 Å². The molecule has 0 fully saturated rings. The average Bonchev–Trinajstić information content (AvgIpc) is 2.93. The number of nitrogens with one attached hydrogen (secondary N) is 1. The van der Waals surface area contributed by atoms with Crippen molar-refractivity contribution in [2.45, 2.75) is 12.1 Å². The number of carbonyl (C=O) groups excluding carboxylic acids is 1. The van der Waals surface area contributed by atoms with Crippen LogP contribution >= 0.6 is 11.8 Å². The Kier molecular flexibility index (Phi) is 4.48. The number of benzene rings is 1. The second kappa shape index (κ2) is 6.30. The summed E-state index contributed by atoms with van der Waals surface area (Å²) in [6, 6.07) is 9.58. The second-order valence-corrected chi connectivity index (χ2v) is 4.92. The zero-order valence-electron chi connectivity index (χ0n) is 10.4. The molecular formula is C11H14N6OS. The van der Waals surface area contributed by atoms with E-state index in [1.165, 1.54) is 11.8 Å². The number of rotatable bonds is 5. The van der Waals surface area contributed by atoms with Gasteiger partial charge in [0.05, 0.1) is 5.69 Å². The van der Waals surface area contributed by atoms with E-state index in [4.69, 9.17) is 5.84 Å². The van der Waals surface area contributed by atoms with E-state index < -0.39 is 0 Å².